The van der Waals surface area contributed by atoms with Crippen LogP contribution in [-0.4, -0.2) is 145 Å². The van der Waals surface area contributed by atoms with E-state index in [2.05, 4.69) is 34.6 Å². The summed E-state index contributed by atoms with van der Waals surface area (Å²) in [6.07, 6.45) is -8.50. The normalized spacial score (nSPS) is 56.8. The highest BCUT2D eigenvalue weighted by Crippen LogP contribution is 2.71. The average Bonchev–Trinajstić information content (AvgIpc) is 3.52. The first-order chi connectivity index (χ1) is 25.0. The molecule has 7 fully saturated rings. The molecule has 3 saturated heterocycles. The monoisotopic (exact) mass is 758 g/mol. The van der Waals surface area contributed by atoms with E-state index in [4.69, 9.17) is 23.7 Å². The molecule has 9 N–H and O–H groups in total. The molecular formula is C39H66O14. The minimum Gasteiger partial charge on any atom is -0.394 e. The van der Waals surface area contributed by atoms with E-state index in [-0.39, 0.29) is 40.8 Å². The highest BCUT2D eigenvalue weighted by molar-refractivity contribution is 5.18. The van der Waals surface area contributed by atoms with Crippen LogP contribution >= 0.6 is 0 Å². The van der Waals surface area contributed by atoms with Gasteiger partial charge in [0.15, 0.2) is 18.4 Å². The molecule has 0 bridgehead atoms. The van der Waals surface area contributed by atoms with Crippen molar-refractivity contribution in [3.8, 4) is 0 Å². The van der Waals surface area contributed by atoms with E-state index in [1.54, 1.807) is 0 Å². The van der Waals surface area contributed by atoms with E-state index in [0.29, 0.717) is 42.9 Å². The highest BCUT2D eigenvalue weighted by atomic mass is 16.8. The van der Waals surface area contributed by atoms with Gasteiger partial charge in [-0.15, -0.1) is 0 Å². The number of aliphatic hydroxyl groups excluding tert-OH is 8. The molecule has 0 aromatic rings. The summed E-state index contributed by atoms with van der Waals surface area (Å²) in [6.45, 7) is 9.90. The quantitative estimate of drug-likeness (QED) is 0.145. The summed E-state index contributed by atoms with van der Waals surface area (Å²) in [5.74, 6) is 0.445. The zero-order valence-corrected chi connectivity index (χ0v) is 31.9. The van der Waals surface area contributed by atoms with Crippen molar-refractivity contribution in [3.63, 3.8) is 0 Å². The molecule has 0 radical (unpaired) electrons. The summed E-state index contributed by atoms with van der Waals surface area (Å²) in [5.41, 5.74) is -0.117. The predicted molar refractivity (Wildman–Crippen MR) is 186 cm³/mol. The van der Waals surface area contributed by atoms with E-state index in [9.17, 15) is 46.0 Å². The van der Waals surface area contributed by atoms with Crippen LogP contribution in [0.5, 0.6) is 0 Å². The van der Waals surface area contributed by atoms with Crippen LogP contribution < -0.4 is 0 Å². The van der Waals surface area contributed by atoms with Gasteiger partial charge in [0.1, 0.15) is 48.8 Å². The Kier molecular flexibility index (Phi) is 11.5. The highest BCUT2D eigenvalue weighted by Gasteiger charge is 2.71. The molecule has 0 aromatic heterocycles. The van der Waals surface area contributed by atoms with Crippen LogP contribution in [0.1, 0.15) is 92.4 Å². The lowest BCUT2D eigenvalue weighted by atomic mass is 9.44. The molecule has 0 unspecified atom stereocenters. The van der Waals surface area contributed by atoms with Gasteiger partial charge in [0.05, 0.1) is 31.5 Å². The summed E-state index contributed by atoms with van der Waals surface area (Å²) in [6, 6.07) is 0. The smallest absolute Gasteiger partial charge is 0.187 e. The largest absolute Gasteiger partial charge is 0.394 e. The fraction of sp³-hybridized carbons (Fsp3) is 1.00. The van der Waals surface area contributed by atoms with Gasteiger partial charge in [-0.2, -0.15) is 0 Å². The number of aliphatic hydroxyl groups is 9. The maximum atomic E-state index is 12.0. The lowest BCUT2D eigenvalue weighted by Crippen LogP contribution is -2.65. The van der Waals surface area contributed by atoms with Crippen LogP contribution in [0.3, 0.4) is 0 Å². The van der Waals surface area contributed by atoms with E-state index < -0.39 is 86.5 Å². The number of hydrogen-bond donors (Lipinski definition) is 9. The Bertz CT molecular complexity index is 1270. The molecule has 306 valence electrons. The molecule has 22 atom stereocenters. The molecule has 0 aromatic carbocycles. The van der Waals surface area contributed by atoms with Gasteiger partial charge in [-0.1, -0.05) is 34.6 Å². The Labute approximate surface area is 312 Å². The first-order valence-electron chi connectivity index (χ1n) is 20.3. The van der Waals surface area contributed by atoms with Crippen LogP contribution in [0.4, 0.5) is 0 Å². The Hall–Kier alpha value is -0.560. The predicted octanol–water partition coefficient (Wildman–Crippen LogP) is 0.395. The Morgan fingerprint density at radius 1 is 0.717 bits per heavy atom. The van der Waals surface area contributed by atoms with Crippen LogP contribution in [0.2, 0.25) is 0 Å². The lowest BCUT2D eigenvalue weighted by molar-refractivity contribution is -0.373. The number of hydrogen-bond acceptors (Lipinski definition) is 14. The first kappa shape index (κ1) is 40.6. The molecule has 4 saturated carbocycles. The van der Waals surface area contributed by atoms with Gasteiger partial charge in [0, 0.05) is 18.3 Å². The zero-order chi connectivity index (χ0) is 38.4. The van der Waals surface area contributed by atoms with Crippen LogP contribution in [0, 0.1) is 52.3 Å². The molecule has 7 aliphatic rings. The van der Waals surface area contributed by atoms with Gasteiger partial charge in [-0.25, -0.2) is 0 Å². The second kappa shape index (κ2) is 15.0. The van der Waals surface area contributed by atoms with Gasteiger partial charge in [0.25, 0.3) is 0 Å². The van der Waals surface area contributed by atoms with E-state index in [1.165, 1.54) is 0 Å². The minimum absolute atomic E-state index is 0.00892. The van der Waals surface area contributed by atoms with Gasteiger partial charge in [-0.3, -0.25) is 0 Å². The molecule has 4 aliphatic carbocycles. The van der Waals surface area contributed by atoms with Crippen LogP contribution in [0.25, 0.3) is 0 Å². The summed E-state index contributed by atoms with van der Waals surface area (Å²) < 4.78 is 30.4. The van der Waals surface area contributed by atoms with Crippen molar-refractivity contribution in [2.24, 2.45) is 52.3 Å². The SMILES string of the molecule is CC(C)CC[C@]1(O)O[C@H]2[C@H](O)[C@H]3[C@@H]4CC[C@@H]5C[C@@H](O[C@@H]6O[C@H](CO)[C@H](O)[C@H](O)[C@H]6O[C@@H]6O[C@H](CO)[C@@H](O)[C@H](O)[C@H]6O)CC[C@]5(C)[C@H]4CC[C@]3(C)[C@H]2[C@@H]1C. The van der Waals surface area contributed by atoms with Crippen molar-refractivity contribution >= 4 is 0 Å². The minimum atomic E-state index is -1.74. The molecule has 3 heterocycles. The van der Waals surface area contributed by atoms with Gasteiger partial charge < -0.3 is 69.6 Å². The summed E-state index contributed by atoms with van der Waals surface area (Å²) in [7, 11) is 0. The number of rotatable bonds is 9. The van der Waals surface area contributed by atoms with Crippen molar-refractivity contribution in [1.29, 1.82) is 0 Å². The zero-order valence-electron chi connectivity index (χ0n) is 31.9. The van der Waals surface area contributed by atoms with Crippen molar-refractivity contribution in [3.05, 3.63) is 0 Å². The Morgan fingerprint density at radius 3 is 2.02 bits per heavy atom. The summed E-state index contributed by atoms with van der Waals surface area (Å²) in [5, 5.41) is 96.3. The van der Waals surface area contributed by atoms with Crippen molar-refractivity contribution in [2.75, 3.05) is 13.2 Å². The van der Waals surface area contributed by atoms with Crippen molar-refractivity contribution < 1.29 is 69.6 Å². The fourth-order valence-corrected chi connectivity index (χ4v) is 12.7. The van der Waals surface area contributed by atoms with Gasteiger partial charge >= 0.3 is 0 Å². The molecule has 3 aliphatic heterocycles. The molecular weight excluding hydrogens is 692 g/mol. The molecule has 53 heavy (non-hydrogen) atoms. The molecule has 7 rings (SSSR count). The first-order valence-corrected chi connectivity index (χ1v) is 20.3. The van der Waals surface area contributed by atoms with E-state index in [0.717, 1.165) is 38.5 Å². The standard InChI is InChI=1S/C39H66O14/c1-17(2)8-13-39(48)18(3)25-33(53-39)29(44)26-21-7-6-19-14-20(9-11-37(19,4)22(21)10-12-38(25,26)5)49-36-34(31(46)28(43)24(16-41)51-36)52-35-32(47)30(45)27(42)23(15-40)50-35/h17-36,40-48H,6-16H2,1-5H3/t18-,19+,20-,21+,22-,23+,24+,25-,26+,27+,28-,29+,30-,31-,32+,33+,34+,35-,36+,37-,38+,39-/m0/s1. The lowest BCUT2D eigenvalue weighted by Gasteiger charge is -2.61. The third kappa shape index (κ3) is 6.66. The number of fused-ring (bicyclic) bond motifs is 7. The number of ether oxygens (including phenoxy) is 5. The second-order valence-electron chi connectivity index (χ2n) is 18.8. The Morgan fingerprint density at radius 2 is 1.36 bits per heavy atom. The maximum Gasteiger partial charge on any atom is 0.187 e. The Balaban J connectivity index is 1.04. The summed E-state index contributed by atoms with van der Waals surface area (Å²) in [4.78, 5) is 0. The molecule has 14 nitrogen and oxygen atoms in total. The van der Waals surface area contributed by atoms with Crippen molar-refractivity contribution in [1.82, 2.24) is 0 Å². The topological polar surface area (TPSA) is 228 Å². The fourth-order valence-electron chi connectivity index (χ4n) is 12.7. The third-order valence-corrected chi connectivity index (χ3v) is 15.7. The van der Waals surface area contributed by atoms with Crippen LogP contribution in [-0.2, 0) is 23.7 Å². The van der Waals surface area contributed by atoms with Gasteiger partial charge in [0.2, 0.25) is 0 Å². The molecule has 0 spiro atoms. The third-order valence-electron chi connectivity index (χ3n) is 15.7. The summed E-state index contributed by atoms with van der Waals surface area (Å²) >= 11 is 0. The molecule has 14 heteroatoms. The van der Waals surface area contributed by atoms with E-state index in [1.807, 2.05) is 0 Å². The van der Waals surface area contributed by atoms with E-state index >= 15 is 0 Å². The maximum absolute atomic E-state index is 12.0. The van der Waals surface area contributed by atoms with Crippen molar-refractivity contribution in [2.45, 2.75) is 178 Å². The van der Waals surface area contributed by atoms with Gasteiger partial charge in [-0.05, 0) is 91.8 Å². The average molecular weight is 759 g/mol. The second-order valence-corrected chi connectivity index (χ2v) is 18.8. The molecule has 0 amide bonds. The van der Waals surface area contributed by atoms with Crippen LogP contribution in [0.15, 0.2) is 0 Å².